The third-order valence-corrected chi connectivity index (χ3v) is 4.64. The van der Waals surface area contributed by atoms with E-state index in [1.165, 1.54) is 4.57 Å². The third kappa shape index (κ3) is 2.50. The molecule has 6 heteroatoms. The van der Waals surface area contributed by atoms with Gasteiger partial charge in [0, 0.05) is 50.7 Å². The van der Waals surface area contributed by atoms with E-state index < -0.39 is 0 Å². The van der Waals surface area contributed by atoms with Gasteiger partial charge in [-0.2, -0.15) is 0 Å². The SMILES string of the molecule is Cn1c(=O)oc2cc(N3CCN(c4ccc(O)cc4)CC3)ccc21. The van der Waals surface area contributed by atoms with Crippen LogP contribution in [0.2, 0.25) is 0 Å². The molecule has 1 aliphatic heterocycles. The van der Waals surface area contributed by atoms with Gasteiger partial charge >= 0.3 is 5.76 Å². The summed E-state index contributed by atoms with van der Waals surface area (Å²) in [5.41, 5.74) is 3.63. The van der Waals surface area contributed by atoms with Crippen LogP contribution in [0.1, 0.15) is 0 Å². The normalized spacial score (nSPS) is 15.2. The van der Waals surface area contributed by atoms with Gasteiger partial charge in [0.15, 0.2) is 5.58 Å². The number of aromatic hydroxyl groups is 1. The number of phenols is 1. The van der Waals surface area contributed by atoms with Gasteiger partial charge in [-0.1, -0.05) is 0 Å². The van der Waals surface area contributed by atoms with Crippen molar-refractivity contribution in [3.63, 3.8) is 0 Å². The van der Waals surface area contributed by atoms with Gasteiger partial charge in [0.25, 0.3) is 0 Å². The number of nitrogens with zero attached hydrogens (tertiary/aromatic N) is 3. The maximum absolute atomic E-state index is 11.6. The molecule has 3 aromatic rings. The van der Waals surface area contributed by atoms with Crippen LogP contribution in [0.5, 0.6) is 5.75 Å². The maximum Gasteiger partial charge on any atom is 0.419 e. The molecular weight excluding hydrogens is 306 g/mol. The zero-order chi connectivity index (χ0) is 16.7. The summed E-state index contributed by atoms with van der Waals surface area (Å²) in [7, 11) is 1.71. The fraction of sp³-hybridized carbons (Fsp3) is 0.278. The lowest BCUT2D eigenvalue weighted by Gasteiger charge is -2.37. The standard InChI is InChI=1S/C18H19N3O3/c1-19-16-7-4-14(12-17(16)24-18(19)23)21-10-8-20(9-11-21)13-2-5-15(22)6-3-13/h2-7,12,22H,8-11H2,1H3. The summed E-state index contributed by atoms with van der Waals surface area (Å²) in [6, 6.07) is 13.2. The average Bonchev–Trinajstić information content (AvgIpc) is 2.89. The first-order valence-electron chi connectivity index (χ1n) is 8.00. The molecule has 0 radical (unpaired) electrons. The Labute approximate surface area is 139 Å². The second-order valence-corrected chi connectivity index (χ2v) is 6.07. The fourth-order valence-corrected chi connectivity index (χ4v) is 3.21. The zero-order valence-electron chi connectivity index (χ0n) is 13.5. The molecule has 0 saturated carbocycles. The van der Waals surface area contributed by atoms with Crippen molar-refractivity contribution in [2.75, 3.05) is 36.0 Å². The Kier molecular flexibility index (Phi) is 3.45. The Morgan fingerprint density at radius 1 is 0.917 bits per heavy atom. The van der Waals surface area contributed by atoms with E-state index in [0.29, 0.717) is 5.58 Å². The highest BCUT2D eigenvalue weighted by Gasteiger charge is 2.18. The first kappa shape index (κ1) is 14.7. The van der Waals surface area contributed by atoms with Crippen molar-refractivity contribution in [2.45, 2.75) is 0 Å². The van der Waals surface area contributed by atoms with Crippen molar-refractivity contribution in [3.8, 4) is 5.75 Å². The second-order valence-electron chi connectivity index (χ2n) is 6.07. The number of oxazole rings is 1. The highest BCUT2D eigenvalue weighted by molar-refractivity contribution is 5.78. The lowest BCUT2D eigenvalue weighted by Crippen LogP contribution is -2.46. The number of piperazine rings is 1. The Bertz CT molecular complexity index is 919. The minimum atomic E-state index is -0.334. The van der Waals surface area contributed by atoms with Crippen molar-refractivity contribution in [1.82, 2.24) is 4.57 Å². The summed E-state index contributed by atoms with van der Waals surface area (Å²) < 4.78 is 6.79. The minimum Gasteiger partial charge on any atom is -0.508 e. The molecule has 4 rings (SSSR count). The number of hydrogen-bond donors (Lipinski definition) is 1. The molecule has 0 atom stereocenters. The molecule has 1 saturated heterocycles. The average molecular weight is 325 g/mol. The molecule has 2 aromatic carbocycles. The van der Waals surface area contributed by atoms with Crippen LogP contribution in [-0.2, 0) is 7.05 Å². The second kappa shape index (κ2) is 5.63. The van der Waals surface area contributed by atoms with Crippen molar-refractivity contribution in [2.24, 2.45) is 7.05 Å². The summed E-state index contributed by atoms with van der Waals surface area (Å²) in [5.74, 6) is -0.0469. The van der Waals surface area contributed by atoms with Gasteiger partial charge in [-0.15, -0.1) is 0 Å². The first-order chi connectivity index (χ1) is 11.6. The monoisotopic (exact) mass is 325 g/mol. The Hall–Kier alpha value is -2.89. The molecule has 0 amide bonds. The predicted molar refractivity (Wildman–Crippen MR) is 94.0 cm³/mol. The first-order valence-corrected chi connectivity index (χ1v) is 8.00. The van der Waals surface area contributed by atoms with Crippen molar-refractivity contribution in [3.05, 3.63) is 53.0 Å². The van der Waals surface area contributed by atoms with Crippen LogP contribution < -0.4 is 15.6 Å². The number of aromatic nitrogens is 1. The number of phenolic OH excluding ortho intramolecular Hbond substituents is 1. The molecule has 0 spiro atoms. The molecule has 1 aliphatic rings. The van der Waals surface area contributed by atoms with Crippen molar-refractivity contribution < 1.29 is 9.52 Å². The van der Waals surface area contributed by atoms with Gasteiger partial charge in [-0.3, -0.25) is 4.57 Å². The molecule has 2 heterocycles. The predicted octanol–water partition coefficient (Wildman–Crippen LogP) is 2.16. The third-order valence-electron chi connectivity index (χ3n) is 4.64. The molecule has 6 nitrogen and oxygen atoms in total. The molecule has 0 aliphatic carbocycles. The molecular formula is C18H19N3O3. The summed E-state index contributed by atoms with van der Waals surface area (Å²) >= 11 is 0. The van der Waals surface area contributed by atoms with Crippen molar-refractivity contribution >= 4 is 22.5 Å². The van der Waals surface area contributed by atoms with Gasteiger partial charge in [0.1, 0.15) is 5.75 Å². The van der Waals surface area contributed by atoms with Crippen LogP contribution in [0.3, 0.4) is 0 Å². The maximum atomic E-state index is 11.6. The van der Waals surface area contributed by atoms with Crippen LogP contribution in [0, 0.1) is 0 Å². The van der Waals surface area contributed by atoms with E-state index >= 15 is 0 Å². The number of aryl methyl sites for hydroxylation is 1. The molecule has 24 heavy (non-hydrogen) atoms. The largest absolute Gasteiger partial charge is 0.508 e. The van der Waals surface area contributed by atoms with E-state index in [9.17, 15) is 9.90 Å². The van der Waals surface area contributed by atoms with Crippen LogP contribution in [-0.4, -0.2) is 35.9 Å². The van der Waals surface area contributed by atoms with Crippen LogP contribution in [0.15, 0.2) is 51.7 Å². The summed E-state index contributed by atoms with van der Waals surface area (Å²) in [6.45, 7) is 3.59. The van der Waals surface area contributed by atoms with Gasteiger partial charge in [0.05, 0.1) is 5.52 Å². The van der Waals surface area contributed by atoms with Gasteiger partial charge in [0.2, 0.25) is 0 Å². The zero-order valence-corrected chi connectivity index (χ0v) is 13.5. The highest BCUT2D eigenvalue weighted by Crippen LogP contribution is 2.25. The smallest absolute Gasteiger partial charge is 0.419 e. The molecule has 1 N–H and O–H groups in total. The lowest BCUT2D eigenvalue weighted by molar-refractivity contribution is 0.475. The summed E-state index contributed by atoms with van der Waals surface area (Å²) in [6.07, 6.45) is 0. The summed E-state index contributed by atoms with van der Waals surface area (Å²) in [4.78, 5) is 16.2. The van der Waals surface area contributed by atoms with Gasteiger partial charge in [-0.05, 0) is 36.4 Å². The number of anilines is 2. The van der Waals surface area contributed by atoms with E-state index in [0.717, 1.165) is 43.1 Å². The summed E-state index contributed by atoms with van der Waals surface area (Å²) in [5, 5.41) is 9.39. The van der Waals surface area contributed by atoms with E-state index in [2.05, 4.69) is 9.80 Å². The van der Waals surface area contributed by atoms with E-state index in [4.69, 9.17) is 4.42 Å². The Morgan fingerprint density at radius 2 is 1.50 bits per heavy atom. The molecule has 1 aromatic heterocycles. The molecule has 0 bridgehead atoms. The highest BCUT2D eigenvalue weighted by atomic mass is 16.4. The van der Waals surface area contributed by atoms with Crippen LogP contribution >= 0.6 is 0 Å². The number of rotatable bonds is 2. The lowest BCUT2D eigenvalue weighted by atomic mass is 10.2. The molecule has 0 unspecified atom stereocenters. The minimum absolute atomic E-state index is 0.287. The molecule has 124 valence electrons. The quantitative estimate of drug-likeness (QED) is 0.782. The van der Waals surface area contributed by atoms with E-state index in [1.807, 2.05) is 30.3 Å². The Balaban J connectivity index is 1.51. The number of benzene rings is 2. The van der Waals surface area contributed by atoms with Crippen molar-refractivity contribution in [1.29, 1.82) is 0 Å². The topological polar surface area (TPSA) is 61.9 Å². The van der Waals surface area contributed by atoms with Crippen LogP contribution in [0.4, 0.5) is 11.4 Å². The van der Waals surface area contributed by atoms with Gasteiger partial charge < -0.3 is 19.3 Å². The van der Waals surface area contributed by atoms with Gasteiger partial charge in [-0.25, -0.2) is 4.79 Å². The van der Waals surface area contributed by atoms with E-state index in [-0.39, 0.29) is 11.5 Å². The number of fused-ring (bicyclic) bond motifs is 1. The van der Waals surface area contributed by atoms with E-state index in [1.54, 1.807) is 19.2 Å². The Morgan fingerprint density at radius 3 is 2.17 bits per heavy atom. The fourth-order valence-electron chi connectivity index (χ4n) is 3.21. The number of hydrogen-bond acceptors (Lipinski definition) is 5. The van der Waals surface area contributed by atoms with Crippen LogP contribution in [0.25, 0.3) is 11.1 Å². The molecule has 1 fully saturated rings.